The smallest absolute Gasteiger partial charge is 0.234 e. The number of nitrogens with zero attached hydrogens (tertiary/aromatic N) is 1. The van der Waals surface area contributed by atoms with E-state index in [0.717, 1.165) is 6.54 Å². The van der Waals surface area contributed by atoms with Crippen LogP contribution in [0.15, 0.2) is 0 Å². The molecular weight excluding hydrogens is 182 g/mol. The van der Waals surface area contributed by atoms with Crippen molar-refractivity contribution >= 4 is 11.8 Å². The fraction of sp³-hybridized carbons (Fsp3) is 0.778. The second kappa shape index (κ2) is 4.95. The molecule has 0 bridgehead atoms. The van der Waals surface area contributed by atoms with Crippen LogP contribution in [0.5, 0.6) is 0 Å². The number of amides is 2. The van der Waals surface area contributed by atoms with Crippen LogP contribution in [0.3, 0.4) is 0 Å². The molecule has 1 fully saturated rings. The van der Waals surface area contributed by atoms with Gasteiger partial charge in [-0.05, 0) is 13.8 Å². The number of nitrogens with one attached hydrogen (secondary N) is 2. The van der Waals surface area contributed by atoms with Gasteiger partial charge in [0.2, 0.25) is 11.8 Å². The Bertz CT molecular complexity index is 228. The lowest BCUT2D eigenvalue weighted by Gasteiger charge is -2.26. The number of carbonyl (C=O) groups excluding carboxylic acids is 2. The molecule has 2 N–H and O–H groups in total. The van der Waals surface area contributed by atoms with Gasteiger partial charge in [0.15, 0.2) is 0 Å². The summed E-state index contributed by atoms with van der Waals surface area (Å²) in [5, 5.41) is 5.51. The summed E-state index contributed by atoms with van der Waals surface area (Å²) in [6.45, 7) is 5.85. The normalized spacial score (nSPS) is 18.1. The van der Waals surface area contributed by atoms with Crippen molar-refractivity contribution in [2.75, 3.05) is 26.2 Å². The molecule has 0 spiro atoms. The van der Waals surface area contributed by atoms with Crippen LogP contribution in [-0.4, -0.2) is 48.9 Å². The minimum Gasteiger partial charge on any atom is -0.354 e. The molecule has 5 nitrogen and oxygen atoms in total. The molecule has 0 atom stereocenters. The summed E-state index contributed by atoms with van der Waals surface area (Å²) >= 11 is 0. The number of piperazine rings is 1. The quantitative estimate of drug-likeness (QED) is 0.609. The van der Waals surface area contributed by atoms with Crippen molar-refractivity contribution in [3.05, 3.63) is 0 Å². The lowest BCUT2D eigenvalue weighted by Crippen LogP contribution is -2.51. The minimum absolute atomic E-state index is 0.00593. The molecule has 1 heterocycles. The highest BCUT2D eigenvalue weighted by Crippen LogP contribution is 1.92. The van der Waals surface area contributed by atoms with Gasteiger partial charge in [-0.1, -0.05) is 0 Å². The molecule has 1 aliphatic heterocycles. The molecule has 0 radical (unpaired) electrons. The largest absolute Gasteiger partial charge is 0.354 e. The highest BCUT2D eigenvalue weighted by Gasteiger charge is 2.18. The van der Waals surface area contributed by atoms with Crippen LogP contribution in [0.25, 0.3) is 0 Å². The third-order valence-electron chi connectivity index (χ3n) is 1.93. The SMILES string of the molecule is CC(C)NC(=O)CN1CCNC(=O)C1. The standard InChI is InChI=1S/C9H17N3O2/c1-7(2)11-9(14)6-12-4-3-10-8(13)5-12/h7H,3-6H2,1-2H3,(H,10,13)(H,11,14). The zero-order valence-electron chi connectivity index (χ0n) is 8.67. The van der Waals surface area contributed by atoms with Crippen LogP contribution in [-0.2, 0) is 9.59 Å². The van der Waals surface area contributed by atoms with Gasteiger partial charge in [0.05, 0.1) is 13.1 Å². The molecule has 0 aromatic carbocycles. The van der Waals surface area contributed by atoms with E-state index in [1.807, 2.05) is 18.7 Å². The summed E-state index contributed by atoms with van der Waals surface area (Å²) in [5.41, 5.74) is 0. The van der Waals surface area contributed by atoms with Crippen molar-refractivity contribution < 1.29 is 9.59 Å². The summed E-state index contributed by atoms with van der Waals surface area (Å²) < 4.78 is 0. The van der Waals surface area contributed by atoms with Gasteiger partial charge in [0.25, 0.3) is 0 Å². The van der Waals surface area contributed by atoms with E-state index in [1.54, 1.807) is 0 Å². The van der Waals surface area contributed by atoms with Gasteiger partial charge in [-0.15, -0.1) is 0 Å². The fourth-order valence-electron chi connectivity index (χ4n) is 1.40. The van der Waals surface area contributed by atoms with Crippen LogP contribution in [0.2, 0.25) is 0 Å². The second-order valence-corrected chi connectivity index (χ2v) is 3.78. The maximum atomic E-state index is 11.3. The Kier molecular flexibility index (Phi) is 3.88. The predicted molar refractivity (Wildman–Crippen MR) is 52.7 cm³/mol. The lowest BCUT2D eigenvalue weighted by atomic mass is 10.3. The van der Waals surface area contributed by atoms with Crippen molar-refractivity contribution in [1.29, 1.82) is 0 Å². The summed E-state index contributed by atoms with van der Waals surface area (Å²) in [6.07, 6.45) is 0. The van der Waals surface area contributed by atoms with Crippen LogP contribution < -0.4 is 10.6 Å². The molecule has 1 saturated heterocycles. The molecule has 14 heavy (non-hydrogen) atoms. The van der Waals surface area contributed by atoms with Crippen LogP contribution in [0.4, 0.5) is 0 Å². The molecule has 1 aliphatic rings. The van der Waals surface area contributed by atoms with Gasteiger partial charge in [-0.25, -0.2) is 0 Å². The predicted octanol–water partition coefficient (Wildman–Crippen LogP) is -1.06. The van der Waals surface area contributed by atoms with Crippen molar-refractivity contribution in [3.63, 3.8) is 0 Å². The van der Waals surface area contributed by atoms with E-state index in [-0.39, 0.29) is 17.9 Å². The van der Waals surface area contributed by atoms with E-state index >= 15 is 0 Å². The Hall–Kier alpha value is -1.10. The zero-order chi connectivity index (χ0) is 10.6. The number of hydrogen-bond donors (Lipinski definition) is 2. The summed E-state index contributed by atoms with van der Waals surface area (Å²) in [7, 11) is 0. The molecule has 0 unspecified atom stereocenters. The molecule has 1 rings (SSSR count). The number of carbonyl (C=O) groups is 2. The van der Waals surface area contributed by atoms with Crippen molar-refractivity contribution in [3.8, 4) is 0 Å². The maximum Gasteiger partial charge on any atom is 0.234 e. The molecule has 0 aromatic rings. The van der Waals surface area contributed by atoms with E-state index in [0.29, 0.717) is 19.6 Å². The van der Waals surface area contributed by atoms with E-state index in [4.69, 9.17) is 0 Å². The Labute approximate surface area is 83.8 Å². The van der Waals surface area contributed by atoms with Gasteiger partial charge >= 0.3 is 0 Å². The highest BCUT2D eigenvalue weighted by molar-refractivity contribution is 5.81. The van der Waals surface area contributed by atoms with Crippen molar-refractivity contribution in [2.24, 2.45) is 0 Å². The first kappa shape index (κ1) is 11.0. The summed E-state index contributed by atoms with van der Waals surface area (Å²) in [6, 6.07) is 0.154. The molecule has 0 saturated carbocycles. The fourth-order valence-corrected chi connectivity index (χ4v) is 1.40. The Balaban J connectivity index is 2.29. The Morgan fingerprint density at radius 1 is 1.64 bits per heavy atom. The van der Waals surface area contributed by atoms with Crippen molar-refractivity contribution in [2.45, 2.75) is 19.9 Å². The van der Waals surface area contributed by atoms with Gasteiger partial charge < -0.3 is 10.6 Å². The average Bonchev–Trinajstić information content (AvgIpc) is 2.01. The monoisotopic (exact) mass is 199 g/mol. The Morgan fingerprint density at radius 3 is 2.93 bits per heavy atom. The van der Waals surface area contributed by atoms with Crippen LogP contribution in [0, 0.1) is 0 Å². The van der Waals surface area contributed by atoms with E-state index < -0.39 is 0 Å². The average molecular weight is 199 g/mol. The molecule has 0 aromatic heterocycles. The van der Waals surface area contributed by atoms with E-state index in [2.05, 4.69) is 10.6 Å². The number of hydrogen-bond acceptors (Lipinski definition) is 3. The summed E-state index contributed by atoms with van der Waals surface area (Å²) in [4.78, 5) is 24.2. The molecule has 0 aliphatic carbocycles. The third kappa shape index (κ3) is 3.74. The highest BCUT2D eigenvalue weighted by atomic mass is 16.2. The topological polar surface area (TPSA) is 61.4 Å². The summed E-state index contributed by atoms with van der Waals surface area (Å²) in [5.74, 6) is -0.0247. The van der Waals surface area contributed by atoms with Crippen LogP contribution in [0.1, 0.15) is 13.8 Å². The molecule has 80 valence electrons. The molecule has 2 amide bonds. The van der Waals surface area contributed by atoms with Gasteiger partial charge in [0, 0.05) is 19.1 Å². The third-order valence-corrected chi connectivity index (χ3v) is 1.93. The van der Waals surface area contributed by atoms with Crippen LogP contribution >= 0.6 is 0 Å². The Morgan fingerprint density at radius 2 is 2.36 bits per heavy atom. The van der Waals surface area contributed by atoms with Gasteiger partial charge in [-0.2, -0.15) is 0 Å². The maximum absolute atomic E-state index is 11.3. The van der Waals surface area contributed by atoms with Gasteiger partial charge in [0.1, 0.15) is 0 Å². The number of rotatable bonds is 3. The second-order valence-electron chi connectivity index (χ2n) is 3.78. The van der Waals surface area contributed by atoms with E-state index in [1.165, 1.54) is 0 Å². The van der Waals surface area contributed by atoms with E-state index in [9.17, 15) is 9.59 Å². The first-order valence-corrected chi connectivity index (χ1v) is 4.86. The van der Waals surface area contributed by atoms with Gasteiger partial charge in [-0.3, -0.25) is 14.5 Å². The first-order chi connectivity index (χ1) is 6.58. The molecular formula is C9H17N3O2. The molecule has 5 heteroatoms. The lowest BCUT2D eigenvalue weighted by molar-refractivity contribution is -0.127. The van der Waals surface area contributed by atoms with Crippen molar-refractivity contribution in [1.82, 2.24) is 15.5 Å². The zero-order valence-corrected chi connectivity index (χ0v) is 8.67. The first-order valence-electron chi connectivity index (χ1n) is 4.86. The minimum atomic E-state index is -0.0188.